The van der Waals surface area contributed by atoms with E-state index in [2.05, 4.69) is 53.1 Å². The van der Waals surface area contributed by atoms with Crippen molar-refractivity contribution in [3.63, 3.8) is 0 Å². The summed E-state index contributed by atoms with van der Waals surface area (Å²) < 4.78 is 0. The Labute approximate surface area is 129 Å². The molecule has 0 aromatic rings. The number of nitrogens with one attached hydrogen (secondary N) is 1. The Morgan fingerprint density at radius 3 is 1.90 bits per heavy atom. The number of unbranched alkanes of at least 4 members (excludes halogenated alkanes) is 5. The monoisotopic (exact) mass is 295 g/mol. The van der Waals surface area contributed by atoms with E-state index < -0.39 is 8.24 Å². The summed E-state index contributed by atoms with van der Waals surface area (Å²) in [5, 5.41) is 2.96. The van der Waals surface area contributed by atoms with Crippen LogP contribution in [0.1, 0.15) is 80.1 Å². The van der Waals surface area contributed by atoms with Crippen LogP contribution in [-0.4, -0.2) is 14.8 Å². The maximum absolute atomic E-state index is 4.31. The van der Waals surface area contributed by atoms with E-state index in [1.165, 1.54) is 55.3 Å². The van der Waals surface area contributed by atoms with Gasteiger partial charge < -0.3 is 4.98 Å². The van der Waals surface area contributed by atoms with Crippen LogP contribution >= 0.6 is 0 Å². The van der Waals surface area contributed by atoms with E-state index in [1.54, 1.807) is 5.20 Å². The van der Waals surface area contributed by atoms with Crippen LogP contribution in [0.2, 0.25) is 6.04 Å². The SMILES string of the molecule is C=C(C)[Si](CC)(NCCCCCCCC)C(C)=C(C)C. The highest BCUT2D eigenvalue weighted by molar-refractivity contribution is 6.90. The molecule has 1 N–H and O–H groups in total. The normalized spacial score (nSPS) is 13.9. The van der Waals surface area contributed by atoms with Gasteiger partial charge in [0.1, 0.15) is 0 Å². The van der Waals surface area contributed by atoms with Gasteiger partial charge in [-0.05, 0) is 46.7 Å². The Morgan fingerprint density at radius 2 is 1.45 bits per heavy atom. The standard InChI is InChI=1S/C18H37NSi/c1-8-10-11-12-13-14-15-19-20(9-2,17(5)6)18(7)16(3)4/h19H,5,8-15H2,1-4,6-7H3. The van der Waals surface area contributed by atoms with Crippen molar-refractivity contribution in [3.8, 4) is 0 Å². The summed E-state index contributed by atoms with van der Waals surface area (Å²) in [6.45, 7) is 19.1. The summed E-state index contributed by atoms with van der Waals surface area (Å²) in [5.41, 5.74) is 1.47. The van der Waals surface area contributed by atoms with Gasteiger partial charge in [0.2, 0.25) is 0 Å². The lowest BCUT2D eigenvalue weighted by molar-refractivity contribution is 0.602. The molecule has 1 unspecified atom stereocenters. The van der Waals surface area contributed by atoms with Crippen LogP contribution in [0.3, 0.4) is 0 Å². The summed E-state index contributed by atoms with van der Waals surface area (Å²) >= 11 is 0. The molecule has 0 rings (SSSR count). The van der Waals surface area contributed by atoms with Gasteiger partial charge in [0.25, 0.3) is 0 Å². The van der Waals surface area contributed by atoms with Crippen LogP contribution in [-0.2, 0) is 0 Å². The Kier molecular flexibility index (Phi) is 10.2. The van der Waals surface area contributed by atoms with Gasteiger partial charge in [0, 0.05) is 0 Å². The number of hydrogen-bond donors (Lipinski definition) is 1. The van der Waals surface area contributed by atoms with E-state index in [4.69, 9.17) is 0 Å². The summed E-state index contributed by atoms with van der Waals surface area (Å²) in [7, 11) is -1.65. The van der Waals surface area contributed by atoms with Crippen LogP contribution in [0.4, 0.5) is 0 Å². The highest BCUT2D eigenvalue weighted by Crippen LogP contribution is 2.26. The van der Waals surface area contributed by atoms with Gasteiger partial charge in [-0.1, -0.05) is 61.9 Å². The third-order valence-corrected chi connectivity index (χ3v) is 9.76. The fraction of sp³-hybridized carbons (Fsp3) is 0.778. The first-order valence-electron chi connectivity index (χ1n) is 8.47. The van der Waals surface area contributed by atoms with Crippen molar-refractivity contribution in [1.29, 1.82) is 0 Å². The molecule has 0 aliphatic carbocycles. The second-order valence-corrected chi connectivity index (χ2v) is 10.8. The second-order valence-electron chi connectivity index (χ2n) is 6.36. The zero-order chi connectivity index (χ0) is 15.6. The quantitative estimate of drug-likeness (QED) is 0.369. The molecule has 0 saturated heterocycles. The minimum Gasteiger partial charge on any atom is -0.331 e. The number of allylic oxidation sites excluding steroid dienone is 3. The molecule has 20 heavy (non-hydrogen) atoms. The summed E-state index contributed by atoms with van der Waals surface area (Å²) in [5.74, 6) is 0. The van der Waals surface area contributed by atoms with E-state index in [1.807, 2.05) is 0 Å². The lowest BCUT2D eigenvalue weighted by atomic mass is 10.1. The van der Waals surface area contributed by atoms with Gasteiger partial charge in [-0.15, -0.1) is 6.58 Å². The average Bonchev–Trinajstić information content (AvgIpc) is 2.41. The zero-order valence-electron chi connectivity index (χ0n) is 14.9. The Balaban J connectivity index is 4.41. The van der Waals surface area contributed by atoms with Gasteiger partial charge in [-0.25, -0.2) is 0 Å². The first-order valence-corrected chi connectivity index (χ1v) is 10.7. The van der Waals surface area contributed by atoms with Crippen LogP contribution in [0.5, 0.6) is 0 Å². The number of hydrogen-bond acceptors (Lipinski definition) is 1. The van der Waals surface area contributed by atoms with Gasteiger partial charge in [0.15, 0.2) is 8.24 Å². The molecular weight excluding hydrogens is 258 g/mol. The fourth-order valence-corrected chi connectivity index (χ4v) is 6.98. The van der Waals surface area contributed by atoms with Crippen LogP contribution < -0.4 is 4.98 Å². The summed E-state index contributed by atoms with van der Waals surface area (Å²) in [4.78, 5) is 3.94. The van der Waals surface area contributed by atoms with E-state index in [0.29, 0.717) is 0 Å². The predicted molar refractivity (Wildman–Crippen MR) is 96.5 cm³/mol. The van der Waals surface area contributed by atoms with Gasteiger partial charge >= 0.3 is 0 Å². The molecule has 1 nitrogen and oxygen atoms in total. The molecule has 0 spiro atoms. The highest BCUT2D eigenvalue weighted by Gasteiger charge is 2.34. The smallest absolute Gasteiger partial charge is 0.180 e. The zero-order valence-corrected chi connectivity index (χ0v) is 15.9. The van der Waals surface area contributed by atoms with Crippen molar-refractivity contribution in [2.45, 2.75) is 86.1 Å². The van der Waals surface area contributed by atoms with Crippen molar-refractivity contribution in [3.05, 3.63) is 22.5 Å². The lowest BCUT2D eigenvalue weighted by Crippen LogP contribution is -2.53. The van der Waals surface area contributed by atoms with E-state index in [-0.39, 0.29) is 0 Å². The number of rotatable bonds is 11. The van der Waals surface area contributed by atoms with Crippen molar-refractivity contribution in [2.75, 3.05) is 6.54 Å². The molecule has 0 heterocycles. The summed E-state index contributed by atoms with van der Waals surface area (Å²) in [6.07, 6.45) is 8.20. The van der Waals surface area contributed by atoms with Crippen LogP contribution in [0.15, 0.2) is 22.5 Å². The highest BCUT2D eigenvalue weighted by atomic mass is 28.3. The Hall–Kier alpha value is -0.343. The topological polar surface area (TPSA) is 12.0 Å². The molecule has 118 valence electrons. The largest absolute Gasteiger partial charge is 0.331 e. The molecule has 1 atom stereocenters. The predicted octanol–water partition coefficient (Wildman–Crippen LogP) is 5.91. The van der Waals surface area contributed by atoms with Crippen molar-refractivity contribution in [2.24, 2.45) is 0 Å². The minimum atomic E-state index is -1.65. The summed E-state index contributed by atoms with van der Waals surface area (Å²) in [6, 6.07) is 1.22. The molecule has 0 fully saturated rings. The third kappa shape index (κ3) is 5.97. The molecule has 0 aromatic heterocycles. The molecule has 0 aromatic carbocycles. The van der Waals surface area contributed by atoms with Crippen LogP contribution in [0, 0.1) is 0 Å². The Morgan fingerprint density at radius 1 is 0.900 bits per heavy atom. The average molecular weight is 296 g/mol. The third-order valence-electron chi connectivity index (χ3n) is 4.61. The van der Waals surface area contributed by atoms with E-state index in [9.17, 15) is 0 Å². The Bertz CT molecular complexity index is 315. The molecule has 0 radical (unpaired) electrons. The van der Waals surface area contributed by atoms with Crippen LogP contribution in [0.25, 0.3) is 0 Å². The fourth-order valence-electron chi connectivity index (χ4n) is 2.93. The molecule has 0 aliphatic heterocycles. The molecule has 0 saturated carbocycles. The maximum atomic E-state index is 4.31. The van der Waals surface area contributed by atoms with Crippen molar-refractivity contribution >= 4 is 8.24 Å². The van der Waals surface area contributed by atoms with Crippen molar-refractivity contribution in [1.82, 2.24) is 4.98 Å². The molecular formula is C18H37NSi. The first-order chi connectivity index (χ1) is 9.42. The lowest BCUT2D eigenvalue weighted by Gasteiger charge is -2.34. The van der Waals surface area contributed by atoms with Gasteiger partial charge in [-0.3, -0.25) is 0 Å². The minimum absolute atomic E-state index is 1.16. The van der Waals surface area contributed by atoms with Gasteiger partial charge in [-0.2, -0.15) is 0 Å². The first kappa shape index (κ1) is 19.7. The van der Waals surface area contributed by atoms with E-state index in [0.717, 1.165) is 6.54 Å². The molecule has 0 amide bonds. The molecule has 0 aliphatic rings. The molecule has 0 bridgehead atoms. The van der Waals surface area contributed by atoms with E-state index >= 15 is 0 Å². The van der Waals surface area contributed by atoms with Crippen molar-refractivity contribution < 1.29 is 0 Å². The van der Waals surface area contributed by atoms with Gasteiger partial charge in [0.05, 0.1) is 0 Å². The maximum Gasteiger partial charge on any atom is 0.180 e. The molecule has 2 heteroatoms. The second kappa shape index (κ2) is 10.4.